The molecule has 1 aromatic carbocycles. The van der Waals surface area contributed by atoms with E-state index in [0.29, 0.717) is 10.3 Å². The number of nitrogens with one attached hydrogen (secondary N) is 1. The summed E-state index contributed by atoms with van der Waals surface area (Å²) in [6.07, 6.45) is 2.57. The first-order valence-electron chi connectivity index (χ1n) is 6.26. The van der Waals surface area contributed by atoms with Gasteiger partial charge < -0.3 is 10.4 Å². The van der Waals surface area contributed by atoms with Gasteiger partial charge in [-0.15, -0.1) is 0 Å². The summed E-state index contributed by atoms with van der Waals surface area (Å²) in [5, 5.41) is 12.4. The topological polar surface area (TPSA) is 49.3 Å². The van der Waals surface area contributed by atoms with Gasteiger partial charge in [0.05, 0.1) is 5.56 Å². The van der Waals surface area contributed by atoms with Crippen LogP contribution in [0.15, 0.2) is 24.3 Å². The molecule has 1 saturated heterocycles. The number of carboxylic acids is 1. The minimum Gasteiger partial charge on any atom is -0.478 e. The third kappa shape index (κ3) is 3.50. The number of thioether (sulfide) groups is 1. The lowest BCUT2D eigenvalue weighted by Gasteiger charge is -2.23. The summed E-state index contributed by atoms with van der Waals surface area (Å²) < 4.78 is 0.352. The number of carboxylic acid groups (broad SMARTS) is 1. The third-order valence-electron chi connectivity index (χ3n) is 3.30. The van der Waals surface area contributed by atoms with E-state index in [4.69, 9.17) is 5.11 Å². The molecule has 3 nitrogen and oxygen atoms in total. The minimum absolute atomic E-state index is 0.352. The van der Waals surface area contributed by atoms with Gasteiger partial charge >= 0.3 is 5.97 Å². The molecule has 98 valence electrons. The lowest BCUT2D eigenvalue weighted by atomic mass is 10.1. The summed E-state index contributed by atoms with van der Waals surface area (Å²) in [5.74, 6) is 0.391. The molecule has 18 heavy (non-hydrogen) atoms. The molecule has 1 aliphatic heterocycles. The molecule has 1 aliphatic rings. The van der Waals surface area contributed by atoms with E-state index in [1.807, 2.05) is 17.8 Å². The van der Waals surface area contributed by atoms with Crippen LogP contribution in [0.25, 0.3) is 0 Å². The van der Waals surface area contributed by atoms with Crippen molar-refractivity contribution in [1.29, 1.82) is 0 Å². The second kappa shape index (κ2) is 5.76. The fourth-order valence-electron chi connectivity index (χ4n) is 2.26. The smallest absolute Gasteiger partial charge is 0.335 e. The molecule has 0 unspecified atom stereocenters. The lowest BCUT2D eigenvalue weighted by Crippen LogP contribution is -2.32. The predicted octanol–water partition coefficient (Wildman–Crippen LogP) is 2.76. The number of rotatable bonds is 5. The van der Waals surface area contributed by atoms with Gasteiger partial charge in [-0.1, -0.05) is 12.1 Å². The second-order valence-corrected chi connectivity index (χ2v) is 6.69. The molecule has 0 bridgehead atoms. The molecule has 1 heterocycles. The zero-order valence-electron chi connectivity index (χ0n) is 10.6. The van der Waals surface area contributed by atoms with Gasteiger partial charge in [0.1, 0.15) is 0 Å². The Hall–Kier alpha value is -1.00. The highest BCUT2D eigenvalue weighted by Crippen LogP contribution is 2.36. The molecule has 1 aromatic rings. The molecule has 0 amide bonds. The van der Waals surface area contributed by atoms with Crippen LogP contribution >= 0.6 is 11.8 Å². The van der Waals surface area contributed by atoms with E-state index in [1.165, 1.54) is 18.6 Å². The maximum absolute atomic E-state index is 10.9. The van der Waals surface area contributed by atoms with Crippen LogP contribution in [0.4, 0.5) is 0 Å². The summed E-state index contributed by atoms with van der Waals surface area (Å²) in [7, 11) is 0. The molecule has 1 fully saturated rings. The Morgan fingerprint density at radius 2 is 2.39 bits per heavy atom. The molecule has 0 aromatic heterocycles. The van der Waals surface area contributed by atoms with Crippen LogP contribution in [-0.2, 0) is 6.54 Å². The number of carbonyl (C=O) groups is 1. The average Bonchev–Trinajstić information content (AvgIpc) is 2.77. The molecular formula is C14H19NO2S. The van der Waals surface area contributed by atoms with E-state index in [0.717, 1.165) is 18.7 Å². The van der Waals surface area contributed by atoms with E-state index >= 15 is 0 Å². The van der Waals surface area contributed by atoms with Gasteiger partial charge in [-0.05, 0) is 43.2 Å². The Morgan fingerprint density at radius 3 is 3.06 bits per heavy atom. The fourth-order valence-corrected chi connectivity index (χ4v) is 3.54. The van der Waals surface area contributed by atoms with Crippen molar-refractivity contribution >= 4 is 17.7 Å². The van der Waals surface area contributed by atoms with Crippen LogP contribution in [0.3, 0.4) is 0 Å². The molecule has 0 saturated carbocycles. The highest BCUT2D eigenvalue weighted by molar-refractivity contribution is 8.00. The monoisotopic (exact) mass is 265 g/mol. The van der Waals surface area contributed by atoms with Crippen molar-refractivity contribution < 1.29 is 9.90 Å². The zero-order chi connectivity index (χ0) is 13.0. The normalized spacial score (nSPS) is 23.2. The van der Waals surface area contributed by atoms with Gasteiger partial charge in [-0.2, -0.15) is 11.8 Å². The predicted molar refractivity (Wildman–Crippen MR) is 75.2 cm³/mol. The Labute approximate surface area is 112 Å². The van der Waals surface area contributed by atoms with Crippen LogP contribution in [-0.4, -0.2) is 28.1 Å². The summed E-state index contributed by atoms with van der Waals surface area (Å²) >= 11 is 2.03. The van der Waals surface area contributed by atoms with Crippen molar-refractivity contribution in [2.75, 3.05) is 12.3 Å². The molecular weight excluding hydrogens is 246 g/mol. The first-order valence-corrected chi connectivity index (χ1v) is 7.25. The van der Waals surface area contributed by atoms with Crippen LogP contribution < -0.4 is 5.32 Å². The minimum atomic E-state index is -0.866. The quantitative estimate of drug-likeness (QED) is 0.859. The Balaban J connectivity index is 1.86. The fraction of sp³-hybridized carbons (Fsp3) is 0.500. The van der Waals surface area contributed by atoms with Crippen molar-refractivity contribution in [1.82, 2.24) is 5.32 Å². The number of aromatic carboxylic acids is 1. The van der Waals surface area contributed by atoms with Gasteiger partial charge in [0, 0.05) is 17.8 Å². The summed E-state index contributed by atoms with van der Waals surface area (Å²) in [5.41, 5.74) is 1.39. The first kappa shape index (κ1) is 13.4. The maximum Gasteiger partial charge on any atom is 0.335 e. The Kier molecular flexibility index (Phi) is 4.30. The van der Waals surface area contributed by atoms with Crippen molar-refractivity contribution in [3.05, 3.63) is 35.4 Å². The van der Waals surface area contributed by atoms with Crippen molar-refractivity contribution in [3.8, 4) is 0 Å². The van der Waals surface area contributed by atoms with Gasteiger partial charge in [-0.3, -0.25) is 0 Å². The first-order chi connectivity index (χ1) is 8.59. The molecule has 0 aliphatic carbocycles. The molecule has 2 N–H and O–H groups in total. The van der Waals surface area contributed by atoms with Crippen LogP contribution in [0.2, 0.25) is 0 Å². The van der Waals surface area contributed by atoms with Gasteiger partial charge in [0.2, 0.25) is 0 Å². The number of hydrogen-bond donors (Lipinski definition) is 2. The summed E-state index contributed by atoms with van der Waals surface area (Å²) in [4.78, 5) is 10.9. The Morgan fingerprint density at radius 1 is 1.56 bits per heavy atom. The third-order valence-corrected chi connectivity index (χ3v) is 4.84. The highest BCUT2D eigenvalue weighted by Gasteiger charge is 2.28. The van der Waals surface area contributed by atoms with Crippen molar-refractivity contribution in [2.24, 2.45) is 0 Å². The molecule has 0 radical (unpaired) electrons. The molecule has 4 heteroatoms. The SMILES string of the molecule is C[C@@]1(CNCc2cccc(C(=O)O)c2)CCCS1. The van der Waals surface area contributed by atoms with E-state index in [2.05, 4.69) is 12.2 Å². The molecule has 0 spiro atoms. The molecule has 1 atom stereocenters. The van der Waals surface area contributed by atoms with Crippen molar-refractivity contribution in [2.45, 2.75) is 31.1 Å². The van der Waals surface area contributed by atoms with Crippen molar-refractivity contribution in [3.63, 3.8) is 0 Å². The molecule has 2 rings (SSSR count). The van der Waals surface area contributed by atoms with Gasteiger partial charge in [0.25, 0.3) is 0 Å². The zero-order valence-corrected chi connectivity index (χ0v) is 11.4. The summed E-state index contributed by atoms with van der Waals surface area (Å²) in [6.45, 7) is 4.01. The Bertz CT molecular complexity index is 428. The summed E-state index contributed by atoms with van der Waals surface area (Å²) in [6, 6.07) is 7.12. The van der Waals surface area contributed by atoms with E-state index in [9.17, 15) is 4.79 Å². The van der Waals surface area contributed by atoms with E-state index in [1.54, 1.807) is 18.2 Å². The number of hydrogen-bond acceptors (Lipinski definition) is 3. The maximum atomic E-state index is 10.9. The van der Waals surface area contributed by atoms with Crippen LogP contribution in [0.1, 0.15) is 35.7 Å². The average molecular weight is 265 g/mol. The van der Waals surface area contributed by atoms with E-state index in [-0.39, 0.29) is 0 Å². The number of benzene rings is 1. The van der Waals surface area contributed by atoms with Gasteiger partial charge in [-0.25, -0.2) is 4.79 Å². The standard InChI is InChI=1S/C14H19NO2S/c1-14(6-3-7-18-14)10-15-9-11-4-2-5-12(8-11)13(16)17/h2,4-5,8,15H,3,6-7,9-10H2,1H3,(H,16,17)/t14-/m0/s1. The highest BCUT2D eigenvalue weighted by atomic mass is 32.2. The van der Waals surface area contributed by atoms with Gasteiger partial charge in [0.15, 0.2) is 0 Å². The van der Waals surface area contributed by atoms with Crippen LogP contribution in [0.5, 0.6) is 0 Å². The second-order valence-electron chi connectivity index (χ2n) is 5.01. The lowest BCUT2D eigenvalue weighted by molar-refractivity contribution is 0.0696. The van der Waals surface area contributed by atoms with Crippen LogP contribution in [0, 0.1) is 0 Å². The van der Waals surface area contributed by atoms with E-state index < -0.39 is 5.97 Å². The largest absolute Gasteiger partial charge is 0.478 e.